The maximum atomic E-state index is 8.79. The summed E-state index contributed by atoms with van der Waals surface area (Å²) in [6.07, 6.45) is 0. The molecule has 96 valence electrons. The van der Waals surface area contributed by atoms with E-state index in [0.29, 0.717) is 5.56 Å². The number of nitrogens with two attached hydrogens (primary N) is 1. The van der Waals surface area contributed by atoms with Crippen LogP contribution in [0.15, 0.2) is 48.5 Å². The summed E-state index contributed by atoms with van der Waals surface area (Å²) < 4.78 is 0. The van der Waals surface area contributed by atoms with E-state index in [1.165, 1.54) is 0 Å². The highest BCUT2D eigenvalue weighted by atomic mass is 15.1. The molecule has 3 heteroatoms. The molecule has 2 aromatic rings. The predicted molar refractivity (Wildman–Crippen MR) is 78.3 cm³/mol. The zero-order valence-electron chi connectivity index (χ0n) is 11.2. The van der Waals surface area contributed by atoms with Crippen molar-refractivity contribution in [1.29, 1.82) is 5.26 Å². The van der Waals surface area contributed by atoms with Gasteiger partial charge in [0.1, 0.15) is 0 Å². The summed E-state index contributed by atoms with van der Waals surface area (Å²) in [6.45, 7) is 1.97. The second-order valence-corrected chi connectivity index (χ2v) is 4.60. The van der Waals surface area contributed by atoms with Gasteiger partial charge >= 0.3 is 0 Å². The van der Waals surface area contributed by atoms with Crippen molar-refractivity contribution < 1.29 is 0 Å². The Morgan fingerprint density at radius 1 is 1.00 bits per heavy atom. The van der Waals surface area contributed by atoms with E-state index in [0.717, 1.165) is 16.9 Å². The fourth-order valence-electron chi connectivity index (χ4n) is 1.91. The number of rotatable bonds is 3. The van der Waals surface area contributed by atoms with E-state index in [2.05, 4.69) is 23.1 Å². The van der Waals surface area contributed by atoms with Crippen LogP contribution in [0.3, 0.4) is 0 Å². The second-order valence-electron chi connectivity index (χ2n) is 4.60. The molecule has 0 aliphatic heterocycles. The molecule has 0 saturated carbocycles. The summed E-state index contributed by atoms with van der Waals surface area (Å²) in [5, 5.41) is 8.79. The van der Waals surface area contributed by atoms with Gasteiger partial charge in [-0.2, -0.15) is 5.26 Å². The normalized spacial score (nSPS) is 11.7. The lowest BCUT2D eigenvalue weighted by Gasteiger charge is -2.20. The van der Waals surface area contributed by atoms with Crippen LogP contribution in [0.2, 0.25) is 0 Å². The first kappa shape index (κ1) is 13.1. The lowest BCUT2D eigenvalue weighted by Crippen LogP contribution is -2.10. The summed E-state index contributed by atoms with van der Waals surface area (Å²) in [5.41, 5.74) is 9.77. The molecule has 0 bridgehead atoms. The Bertz CT molecular complexity index is 577. The van der Waals surface area contributed by atoms with Crippen molar-refractivity contribution in [3.8, 4) is 6.07 Å². The first-order chi connectivity index (χ1) is 9.11. The Morgan fingerprint density at radius 3 is 1.89 bits per heavy atom. The van der Waals surface area contributed by atoms with Crippen LogP contribution in [0.4, 0.5) is 11.4 Å². The van der Waals surface area contributed by atoms with Gasteiger partial charge in [0.05, 0.1) is 11.6 Å². The SMILES string of the molecule is CC(N)c1ccc(N(C)c2ccc(C#N)cc2)cc1. The summed E-state index contributed by atoms with van der Waals surface area (Å²) in [5.74, 6) is 0. The van der Waals surface area contributed by atoms with Crippen LogP contribution in [0.1, 0.15) is 24.1 Å². The summed E-state index contributed by atoms with van der Waals surface area (Å²) >= 11 is 0. The van der Waals surface area contributed by atoms with E-state index in [1.807, 2.05) is 50.4 Å². The van der Waals surface area contributed by atoms with E-state index in [-0.39, 0.29) is 6.04 Å². The number of nitriles is 1. The highest BCUT2D eigenvalue weighted by Crippen LogP contribution is 2.24. The standard InChI is InChI=1S/C16H17N3/c1-12(18)14-5-9-16(10-6-14)19(2)15-7-3-13(11-17)4-8-15/h3-10,12H,18H2,1-2H3. The molecule has 3 nitrogen and oxygen atoms in total. The number of nitrogens with zero attached hydrogens (tertiary/aromatic N) is 2. The Hall–Kier alpha value is -2.31. The summed E-state index contributed by atoms with van der Waals surface area (Å²) in [7, 11) is 2.00. The molecule has 0 aliphatic carbocycles. The van der Waals surface area contributed by atoms with E-state index in [4.69, 9.17) is 11.0 Å². The van der Waals surface area contributed by atoms with E-state index >= 15 is 0 Å². The van der Waals surface area contributed by atoms with E-state index in [1.54, 1.807) is 0 Å². The minimum absolute atomic E-state index is 0.0502. The molecule has 1 unspecified atom stereocenters. The molecule has 0 amide bonds. The predicted octanol–water partition coefficient (Wildman–Crippen LogP) is 3.35. The smallest absolute Gasteiger partial charge is 0.0991 e. The van der Waals surface area contributed by atoms with Gasteiger partial charge in [0.2, 0.25) is 0 Å². The molecule has 2 rings (SSSR count). The van der Waals surface area contributed by atoms with Gasteiger partial charge in [0.15, 0.2) is 0 Å². The van der Waals surface area contributed by atoms with E-state index < -0.39 is 0 Å². The van der Waals surface area contributed by atoms with Crippen molar-refractivity contribution >= 4 is 11.4 Å². The zero-order chi connectivity index (χ0) is 13.8. The highest BCUT2D eigenvalue weighted by molar-refractivity contribution is 5.63. The molecule has 0 aliphatic rings. The molecular weight excluding hydrogens is 234 g/mol. The quantitative estimate of drug-likeness (QED) is 0.910. The van der Waals surface area contributed by atoms with Gasteiger partial charge in [-0.25, -0.2) is 0 Å². The third-order valence-electron chi connectivity index (χ3n) is 3.19. The van der Waals surface area contributed by atoms with Crippen LogP contribution in [0, 0.1) is 11.3 Å². The van der Waals surface area contributed by atoms with Crippen LogP contribution < -0.4 is 10.6 Å². The molecule has 19 heavy (non-hydrogen) atoms. The van der Waals surface area contributed by atoms with E-state index in [9.17, 15) is 0 Å². The maximum Gasteiger partial charge on any atom is 0.0991 e. The first-order valence-electron chi connectivity index (χ1n) is 6.21. The van der Waals surface area contributed by atoms with Crippen LogP contribution in [0.5, 0.6) is 0 Å². The highest BCUT2D eigenvalue weighted by Gasteiger charge is 2.05. The molecule has 0 heterocycles. The molecule has 2 N–H and O–H groups in total. The van der Waals surface area contributed by atoms with Gasteiger partial charge in [0.25, 0.3) is 0 Å². The average Bonchev–Trinajstić information content (AvgIpc) is 2.46. The molecule has 2 aromatic carbocycles. The Morgan fingerprint density at radius 2 is 1.47 bits per heavy atom. The van der Waals surface area contributed by atoms with Crippen molar-refractivity contribution in [3.63, 3.8) is 0 Å². The van der Waals surface area contributed by atoms with Crippen molar-refractivity contribution in [2.75, 3.05) is 11.9 Å². The number of hydrogen-bond donors (Lipinski definition) is 1. The van der Waals surface area contributed by atoms with Crippen LogP contribution >= 0.6 is 0 Å². The maximum absolute atomic E-state index is 8.79. The number of benzene rings is 2. The fraction of sp³-hybridized carbons (Fsp3) is 0.188. The van der Waals surface area contributed by atoms with Gasteiger partial charge in [-0.1, -0.05) is 12.1 Å². The fourth-order valence-corrected chi connectivity index (χ4v) is 1.91. The Kier molecular flexibility index (Phi) is 3.84. The van der Waals surface area contributed by atoms with Crippen LogP contribution in [-0.2, 0) is 0 Å². The van der Waals surface area contributed by atoms with Gasteiger partial charge in [-0.15, -0.1) is 0 Å². The lowest BCUT2D eigenvalue weighted by molar-refractivity contribution is 0.818. The largest absolute Gasteiger partial charge is 0.345 e. The van der Waals surface area contributed by atoms with Gasteiger partial charge in [-0.3, -0.25) is 0 Å². The van der Waals surface area contributed by atoms with Gasteiger partial charge in [-0.05, 0) is 48.9 Å². The third-order valence-corrected chi connectivity index (χ3v) is 3.19. The minimum atomic E-state index is 0.0502. The topological polar surface area (TPSA) is 53.0 Å². The lowest BCUT2D eigenvalue weighted by atomic mass is 10.1. The Labute approximate surface area is 113 Å². The first-order valence-corrected chi connectivity index (χ1v) is 6.21. The molecule has 0 radical (unpaired) electrons. The minimum Gasteiger partial charge on any atom is -0.345 e. The average molecular weight is 251 g/mol. The van der Waals surface area contributed by atoms with Crippen molar-refractivity contribution in [2.45, 2.75) is 13.0 Å². The summed E-state index contributed by atoms with van der Waals surface area (Å²) in [6, 6.07) is 17.9. The molecule has 0 spiro atoms. The monoisotopic (exact) mass is 251 g/mol. The van der Waals surface area contributed by atoms with Crippen molar-refractivity contribution in [1.82, 2.24) is 0 Å². The van der Waals surface area contributed by atoms with Crippen LogP contribution in [0.25, 0.3) is 0 Å². The third kappa shape index (κ3) is 2.93. The summed E-state index contributed by atoms with van der Waals surface area (Å²) in [4.78, 5) is 2.08. The molecule has 0 fully saturated rings. The molecule has 1 atom stereocenters. The van der Waals surface area contributed by atoms with Crippen molar-refractivity contribution in [3.05, 3.63) is 59.7 Å². The zero-order valence-corrected chi connectivity index (χ0v) is 11.2. The van der Waals surface area contributed by atoms with Crippen molar-refractivity contribution in [2.24, 2.45) is 5.73 Å². The Balaban J connectivity index is 2.23. The molecule has 0 saturated heterocycles. The molecule has 0 aromatic heterocycles. The number of hydrogen-bond acceptors (Lipinski definition) is 3. The molecular formula is C16H17N3. The number of anilines is 2. The van der Waals surface area contributed by atoms with Crippen LogP contribution in [-0.4, -0.2) is 7.05 Å². The van der Waals surface area contributed by atoms with Gasteiger partial charge < -0.3 is 10.6 Å². The van der Waals surface area contributed by atoms with Gasteiger partial charge in [0, 0.05) is 24.5 Å². The second kappa shape index (κ2) is 5.55.